The zero-order valence-corrected chi connectivity index (χ0v) is 11.4. The number of nitrogens with one attached hydrogen (secondary N) is 1. The number of hydrogen-bond acceptors (Lipinski definition) is 2. The summed E-state index contributed by atoms with van der Waals surface area (Å²) >= 11 is 0. The highest BCUT2D eigenvalue weighted by Gasteiger charge is 2.20. The van der Waals surface area contributed by atoms with Crippen molar-refractivity contribution < 1.29 is 9.90 Å². The van der Waals surface area contributed by atoms with Gasteiger partial charge in [0, 0.05) is 30.7 Å². The third kappa shape index (κ3) is 2.79. The first-order valence-corrected chi connectivity index (χ1v) is 6.58. The van der Waals surface area contributed by atoms with Gasteiger partial charge in [0.1, 0.15) is 0 Å². The van der Waals surface area contributed by atoms with Crippen molar-refractivity contribution in [2.75, 3.05) is 13.7 Å². The first-order chi connectivity index (χ1) is 9.17. The predicted molar refractivity (Wildman–Crippen MR) is 75.6 cm³/mol. The number of hydrogen-bond donors (Lipinski definition) is 2. The summed E-state index contributed by atoms with van der Waals surface area (Å²) in [5.41, 5.74) is 2.17. The van der Waals surface area contributed by atoms with Gasteiger partial charge in [-0.3, -0.25) is 4.79 Å². The number of aromatic amines is 1. The molecule has 1 heterocycles. The molecule has 0 spiro atoms. The van der Waals surface area contributed by atoms with E-state index < -0.39 is 0 Å². The molecule has 1 atom stereocenters. The maximum atomic E-state index is 12.1. The third-order valence-electron chi connectivity index (χ3n) is 3.52. The fraction of sp³-hybridized carbons (Fsp3) is 0.400. The maximum absolute atomic E-state index is 12.1. The Hall–Kier alpha value is -1.81. The molecule has 0 aliphatic heterocycles. The molecule has 0 radical (unpaired) electrons. The normalized spacial score (nSPS) is 12.6. The topological polar surface area (TPSA) is 56.3 Å². The number of para-hydroxylation sites is 1. The minimum Gasteiger partial charge on any atom is -0.396 e. The standard InChI is InChI=1S/C15H20N2O2/c1-3-11(10-18)15(19)17(2)9-12-8-16-14-7-5-4-6-13(12)14/h4-8,11,16,18H,3,9-10H2,1-2H3. The van der Waals surface area contributed by atoms with Gasteiger partial charge in [-0.25, -0.2) is 0 Å². The van der Waals surface area contributed by atoms with Crippen LogP contribution < -0.4 is 0 Å². The number of aliphatic hydroxyl groups is 1. The molecule has 2 rings (SSSR count). The summed E-state index contributed by atoms with van der Waals surface area (Å²) in [5, 5.41) is 10.3. The summed E-state index contributed by atoms with van der Waals surface area (Å²) in [6, 6.07) is 8.03. The van der Waals surface area contributed by atoms with Gasteiger partial charge in [-0.15, -0.1) is 0 Å². The molecule has 1 amide bonds. The lowest BCUT2D eigenvalue weighted by molar-refractivity contribution is -0.136. The lowest BCUT2D eigenvalue weighted by Gasteiger charge is -2.21. The Kier molecular flexibility index (Phi) is 4.22. The molecule has 1 aromatic carbocycles. The number of carbonyl (C=O) groups excluding carboxylic acids is 1. The Morgan fingerprint density at radius 2 is 2.16 bits per heavy atom. The summed E-state index contributed by atoms with van der Waals surface area (Å²) in [4.78, 5) is 17.0. The average molecular weight is 260 g/mol. The summed E-state index contributed by atoms with van der Waals surface area (Å²) in [5.74, 6) is -0.300. The van der Waals surface area contributed by atoms with E-state index >= 15 is 0 Å². The smallest absolute Gasteiger partial charge is 0.228 e. The molecular weight excluding hydrogens is 240 g/mol. The largest absolute Gasteiger partial charge is 0.396 e. The van der Waals surface area contributed by atoms with Gasteiger partial charge in [-0.05, 0) is 18.1 Å². The van der Waals surface area contributed by atoms with Gasteiger partial charge in [0.15, 0.2) is 0 Å². The van der Waals surface area contributed by atoms with Crippen LogP contribution in [0.1, 0.15) is 18.9 Å². The van der Waals surface area contributed by atoms with Gasteiger partial charge in [-0.1, -0.05) is 25.1 Å². The number of nitrogens with zero attached hydrogens (tertiary/aromatic N) is 1. The van der Waals surface area contributed by atoms with Crippen LogP contribution in [-0.2, 0) is 11.3 Å². The molecule has 102 valence electrons. The van der Waals surface area contributed by atoms with Crippen molar-refractivity contribution in [3.05, 3.63) is 36.0 Å². The second kappa shape index (κ2) is 5.89. The zero-order valence-electron chi connectivity index (χ0n) is 11.4. The number of rotatable bonds is 5. The number of amides is 1. The number of aromatic nitrogens is 1. The molecule has 19 heavy (non-hydrogen) atoms. The Morgan fingerprint density at radius 1 is 1.42 bits per heavy atom. The molecule has 2 aromatic rings. The van der Waals surface area contributed by atoms with Crippen LogP contribution in [0.4, 0.5) is 0 Å². The first kappa shape index (κ1) is 13.6. The minimum absolute atomic E-state index is 0.00437. The number of carbonyl (C=O) groups is 1. The van der Waals surface area contributed by atoms with E-state index in [0.29, 0.717) is 13.0 Å². The van der Waals surface area contributed by atoms with E-state index in [2.05, 4.69) is 4.98 Å². The van der Waals surface area contributed by atoms with Crippen molar-refractivity contribution in [2.24, 2.45) is 5.92 Å². The van der Waals surface area contributed by atoms with Crippen LogP contribution in [0.3, 0.4) is 0 Å². The fourth-order valence-corrected chi connectivity index (χ4v) is 2.29. The van der Waals surface area contributed by atoms with Crippen molar-refractivity contribution >= 4 is 16.8 Å². The summed E-state index contributed by atoms with van der Waals surface area (Å²) in [7, 11) is 1.78. The Labute approximate surface area is 113 Å². The highest BCUT2D eigenvalue weighted by atomic mass is 16.3. The number of H-pyrrole nitrogens is 1. The molecule has 4 nitrogen and oxygen atoms in total. The second-order valence-electron chi connectivity index (χ2n) is 4.84. The molecule has 0 saturated carbocycles. The molecular formula is C15H20N2O2. The summed E-state index contributed by atoms with van der Waals surface area (Å²) in [6.45, 7) is 2.38. The van der Waals surface area contributed by atoms with E-state index in [-0.39, 0.29) is 18.4 Å². The SMILES string of the molecule is CCC(CO)C(=O)N(C)Cc1c[nH]c2ccccc12. The van der Waals surface area contributed by atoms with E-state index in [9.17, 15) is 9.90 Å². The number of aliphatic hydroxyl groups excluding tert-OH is 1. The van der Waals surface area contributed by atoms with Gasteiger partial charge in [-0.2, -0.15) is 0 Å². The molecule has 0 aliphatic rings. The van der Waals surface area contributed by atoms with Crippen LogP contribution in [0.2, 0.25) is 0 Å². The highest BCUT2D eigenvalue weighted by Crippen LogP contribution is 2.19. The Morgan fingerprint density at radius 3 is 2.84 bits per heavy atom. The van der Waals surface area contributed by atoms with Gasteiger partial charge in [0.25, 0.3) is 0 Å². The summed E-state index contributed by atoms with van der Waals surface area (Å²) < 4.78 is 0. The number of benzene rings is 1. The molecule has 2 N–H and O–H groups in total. The van der Waals surface area contributed by atoms with Crippen LogP contribution in [0.5, 0.6) is 0 Å². The zero-order chi connectivity index (χ0) is 13.8. The number of fused-ring (bicyclic) bond motifs is 1. The second-order valence-corrected chi connectivity index (χ2v) is 4.84. The average Bonchev–Trinajstić information content (AvgIpc) is 2.83. The van der Waals surface area contributed by atoms with E-state index in [0.717, 1.165) is 16.5 Å². The van der Waals surface area contributed by atoms with Crippen LogP contribution in [-0.4, -0.2) is 34.6 Å². The lowest BCUT2D eigenvalue weighted by Crippen LogP contribution is -2.33. The highest BCUT2D eigenvalue weighted by molar-refractivity contribution is 5.84. The lowest BCUT2D eigenvalue weighted by atomic mass is 10.1. The molecule has 0 bridgehead atoms. The molecule has 1 unspecified atom stereocenters. The van der Waals surface area contributed by atoms with Crippen LogP contribution >= 0.6 is 0 Å². The van der Waals surface area contributed by atoms with Gasteiger partial charge in [0.05, 0.1) is 12.5 Å². The van der Waals surface area contributed by atoms with E-state index in [1.807, 2.05) is 37.4 Å². The van der Waals surface area contributed by atoms with E-state index in [1.54, 1.807) is 11.9 Å². The third-order valence-corrected chi connectivity index (χ3v) is 3.52. The van der Waals surface area contributed by atoms with Gasteiger partial charge >= 0.3 is 0 Å². The van der Waals surface area contributed by atoms with Gasteiger partial charge < -0.3 is 15.0 Å². The molecule has 0 aliphatic carbocycles. The van der Waals surface area contributed by atoms with Crippen LogP contribution in [0.25, 0.3) is 10.9 Å². The van der Waals surface area contributed by atoms with Gasteiger partial charge in [0.2, 0.25) is 5.91 Å². The van der Waals surface area contributed by atoms with E-state index in [1.165, 1.54) is 0 Å². The Bertz CT molecular complexity index is 558. The predicted octanol–water partition coefficient (Wildman–Crippen LogP) is 2.14. The quantitative estimate of drug-likeness (QED) is 0.865. The van der Waals surface area contributed by atoms with Crippen LogP contribution in [0.15, 0.2) is 30.5 Å². The van der Waals surface area contributed by atoms with Crippen LogP contribution in [0, 0.1) is 5.92 Å². The Balaban J connectivity index is 2.14. The first-order valence-electron chi connectivity index (χ1n) is 6.58. The van der Waals surface area contributed by atoms with Crippen molar-refractivity contribution in [2.45, 2.75) is 19.9 Å². The molecule has 1 aromatic heterocycles. The monoisotopic (exact) mass is 260 g/mol. The molecule has 0 fully saturated rings. The fourth-order valence-electron chi connectivity index (χ4n) is 2.29. The summed E-state index contributed by atoms with van der Waals surface area (Å²) in [6.07, 6.45) is 2.60. The van der Waals surface area contributed by atoms with Crippen molar-refractivity contribution in [3.8, 4) is 0 Å². The minimum atomic E-state index is -0.296. The molecule has 0 saturated heterocycles. The van der Waals surface area contributed by atoms with Crippen molar-refractivity contribution in [1.29, 1.82) is 0 Å². The molecule has 4 heteroatoms. The van der Waals surface area contributed by atoms with E-state index in [4.69, 9.17) is 0 Å². The van der Waals surface area contributed by atoms with Crippen molar-refractivity contribution in [3.63, 3.8) is 0 Å². The maximum Gasteiger partial charge on any atom is 0.228 e. The van der Waals surface area contributed by atoms with Crippen molar-refractivity contribution in [1.82, 2.24) is 9.88 Å².